The first-order valence-corrected chi connectivity index (χ1v) is 9.92. The minimum absolute atomic E-state index is 0.277. The zero-order valence-corrected chi connectivity index (χ0v) is 17.0. The van der Waals surface area contributed by atoms with Crippen molar-refractivity contribution in [2.24, 2.45) is 5.92 Å². The second-order valence-electron chi connectivity index (χ2n) is 7.56. The monoisotopic (exact) mass is 442 g/mol. The third kappa shape index (κ3) is 6.17. The highest BCUT2D eigenvalue weighted by molar-refractivity contribution is 5.73. The van der Waals surface area contributed by atoms with Crippen LogP contribution < -0.4 is 4.90 Å². The zero-order valence-electron chi connectivity index (χ0n) is 17.0. The third-order valence-corrected chi connectivity index (χ3v) is 5.36. The molecule has 0 unspecified atom stereocenters. The topological polar surface area (TPSA) is 91.9 Å². The van der Waals surface area contributed by atoms with E-state index in [0.29, 0.717) is 12.0 Å². The first-order valence-electron chi connectivity index (χ1n) is 9.92. The molecule has 2 aliphatic rings. The van der Waals surface area contributed by atoms with Crippen LogP contribution >= 0.6 is 0 Å². The number of carboxylic acid groups (broad SMARTS) is 1. The minimum atomic E-state index is -5.08. The number of ether oxygens (including phenoxy) is 1. The van der Waals surface area contributed by atoms with E-state index in [0.717, 1.165) is 44.4 Å². The van der Waals surface area contributed by atoms with E-state index in [4.69, 9.17) is 19.1 Å². The summed E-state index contributed by atoms with van der Waals surface area (Å²) in [6.07, 6.45) is 2.89. The molecular formula is C20H25F3N4O4. The van der Waals surface area contributed by atoms with Crippen LogP contribution in [0.15, 0.2) is 41.3 Å². The van der Waals surface area contributed by atoms with Gasteiger partial charge in [0.05, 0.1) is 25.0 Å². The van der Waals surface area contributed by atoms with Crippen LogP contribution in [0.4, 0.5) is 19.1 Å². The summed E-state index contributed by atoms with van der Waals surface area (Å²) >= 11 is 0. The number of carbonyl (C=O) groups is 1. The highest BCUT2D eigenvalue weighted by atomic mass is 19.4. The van der Waals surface area contributed by atoms with Crippen LogP contribution in [0, 0.1) is 5.92 Å². The lowest BCUT2D eigenvalue weighted by Crippen LogP contribution is -2.60. The lowest BCUT2D eigenvalue weighted by atomic mass is 9.85. The molecule has 2 aromatic rings. The molecule has 31 heavy (non-hydrogen) atoms. The Morgan fingerprint density at radius 3 is 2.61 bits per heavy atom. The van der Waals surface area contributed by atoms with Crippen LogP contribution in [0.2, 0.25) is 0 Å². The molecule has 170 valence electrons. The van der Waals surface area contributed by atoms with Gasteiger partial charge in [-0.25, -0.2) is 14.8 Å². The number of hydrogen-bond acceptors (Lipinski definition) is 7. The molecule has 8 nitrogen and oxygen atoms in total. The quantitative estimate of drug-likeness (QED) is 0.773. The van der Waals surface area contributed by atoms with Crippen molar-refractivity contribution < 1.29 is 32.2 Å². The molecule has 4 heterocycles. The number of piperidine rings is 1. The molecule has 2 aliphatic heterocycles. The Labute approximate surface area is 177 Å². The SMILES string of the molecule is CN(Cc1ccco1)[C@@H]1CN(c2ncccn2)C[C@@H]2CCCO[C@@H]21.O=C(O)C(F)(F)F. The average Bonchev–Trinajstić information content (AvgIpc) is 3.26. The number of fused-ring (bicyclic) bond motifs is 1. The Hall–Kier alpha value is -2.66. The van der Waals surface area contributed by atoms with Crippen molar-refractivity contribution in [3.05, 3.63) is 42.6 Å². The van der Waals surface area contributed by atoms with Crippen molar-refractivity contribution in [2.45, 2.75) is 37.7 Å². The third-order valence-electron chi connectivity index (χ3n) is 5.36. The summed E-state index contributed by atoms with van der Waals surface area (Å²) in [4.78, 5) is 22.4. The number of rotatable bonds is 4. The number of anilines is 1. The summed E-state index contributed by atoms with van der Waals surface area (Å²) in [6, 6.07) is 6.13. The van der Waals surface area contributed by atoms with Crippen LogP contribution in [0.25, 0.3) is 0 Å². The number of furan rings is 1. The van der Waals surface area contributed by atoms with Gasteiger partial charge in [-0.05, 0) is 38.1 Å². The molecule has 11 heteroatoms. The van der Waals surface area contributed by atoms with E-state index in [1.165, 1.54) is 6.42 Å². The van der Waals surface area contributed by atoms with Gasteiger partial charge in [0, 0.05) is 38.0 Å². The van der Waals surface area contributed by atoms with Crippen LogP contribution in [0.5, 0.6) is 0 Å². The summed E-state index contributed by atoms with van der Waals surface area (Å²) in [5.41, 5.74) is 0. The summed E-state index contributed by atoms with van der Waals surface area (Å²) in [6.45, 7) is 3.50. The molecule has 2 aromatic heterocycles. The number of halogens is 3. The smallest absolute Gasteiger partial charge is 0.475 e. The Morgan fingerprint density at radius 2 is 2.00 bits per heavy atom. The number of aromatic nitrogens is 2. The van der Waals surface area contributed by atoms with Crippen molar-refractivity contribution in [2.75, 3.05) is 31.6 Å². The summed E-state index contributed by atoms with van der Waals surface area (Å²) in [5, 5.41) is 7.12. The van der Waals surface area contributed by atoms with Crippen molar-refractivity contribution >= 4 is 11.9 Å². The van der Waals surface area contributed by atoms with E-state index in [2.05, 4.69) is 26.8 Å². The van der Waals surface area contributed by atoms with E-state index in [-0.39, 0.29) is 6.10 Å². The van der Waals surface area contributed by atoms with Crippen molar-refractivity contribution in [1.29, 1.82) is 0 Å². The maximum absolute atomic E-state index is 10.6. The first-order chi connectivity index (χ1) is 14.8. The predicted molar refractivity (Wildman–Crippen MR) is 104 cm³/mol. The lowest BCUT2D eigenvalue weighted by Gasteiger charge is -2.48. The van der Waals surface area contributed by atoms with Crippen LogP contribution in [0.1, 0.15) is 18.6 Å². The van der Waals surface area contributed by atoms with E-state index >= 15 is 0 Å². The normalized spacial score (nSPS) is 23.6. The Balaban J connectivity index is 0.000000339. The molecule has 0 amide bonds. The largest absolute Gasteiger partial charge is 0.490 e. The van der Waals surface area contributed by atoms with Crippen LogP contribution in [0.3, 0.4) is 0 Å². The molecular weight excluding hydrogens is 417 g/mol. The van der Waals surface area contributed by atoms with Gasteiger partial charge in [-0.2, -0.15) is 13.2 Å². The number of nitrogens with zero attached hydrogens (tertiary/aromatic N) is 4. The van der Waals surface area contributed by atoms with E-state index < -0.39 is 12.1 Å². The molecule has 2 fully saturated rings. The maximum atomic E-state index is 10.6. The molecule has 0 saturated carbocycles. The first kappa shape index (κ1) is 23.0. The second-order valence-corrected chi connectivity index (χ2v) is 7.56. The number of aliphatic carboxylic acids is 1. The minimum Gasteiger partial charge on any atom is -0.475 e. The van der Waals surface area contributed by atoms with Gasteiger partial charge >= 0.3 is 12.1 Å². The molecule has 3 atom stereocenters. The van der Waals surface area contributed by atoms with Gasteiger partial charge in [0.25, 0.3) is 0 Å². The molecule has 0 radical (unpaired) electrons. The Morgan fingerprint density at radius 1 is 1.29 bits per heavy atom. The van der Waals surface area contributed by atoms with Gasteiger partial charge in [-0.15, -0.1) is 0 Å². The number of likely N-dealkylation sites (N-methyl/N-ethyl adjacent to an activating group) is 1. The Bertz CT molecular complexity index is 820. The summed E-state index contributed by atoms with van der Waals surface area (Å²) in [7, 11) is 2.15. The van der Waals surface area contributed by atoms with Crippen molar-refractivity contribution in [1.82, 2.24) is 14.9 Å². The Kier molecular flexibility index (Phi) is 7.50. The lowest BCUT2D eigenvalue weighted by molar-refractivity contribution is -0.192. The highest BCUT2D eigenvalue weighted by Gasteiger charge is 2.42. The van der Waals surface area contributed by atoms with Gasteiger partial charge in [0.1, 0.15) is 5.76 Å². The van der Waals surface area contributed by atoms with E-state index in [1.807, 2.05) is 30.6 Å². The van der Waals surface area contributed by atoms with E-state index in [1.54, 1.807) is 6.26 Å². The number of hydrogen-bond donors (Lipinski definition) is 1. The number of alkyl halides is 3. The van der Waals surface area contributed by atoms with Crippen LogP contribution in [-0.4, -0.2) is 71.0 Å². The van der Waals surface area contributed by atoms with Gasteiger partial charge in [-0.1, -0.05) is 0 Å². The van der Waals surface area contributed by atoms with Gasteiger partial charge in [0.2, 0.25) is 5.95 Å². The van der Waals surface area contributed by atoms with Gasteiger partial charge in [0.15, 0.2) is 0 Å². The van der Waals surface area contributed by atoms with Crippen LogP contribution in [-0.2, 0) is 16.1 Å². The zero-order chi connectivity index (χ0) is 22.4. The molecule has 4 rings (SSSR count). The fourth-order valence-corrected chi connectivity index (χ4v) is 3.95. The summed E-state index contributed by atoms with van der Waals surface area (Å²) in [5.74, 6) is -0.427. The fraction of sp³-hybridized carbons (Fsp3) is 0.550. The van der Waals surface area contributed by atoms with Crippen molar-refractivity contribution in [3.8, 4) is 0 Å². The van der Waals surface area contributed by atoms with E-state index in [9.17, 15) is 13.2 Å². The average molecular weight is 442 g/mol. The predicted octanol–water partition coefficient (Wildman–Crippen LogP) is 2.82. The van der Waals surface area contributed by atoms with Crippen molar-refractivity contribution in [3.63, 3.8) is 0 Å². The molecule has 0 spiro atoms. The van der Waals surface area contributed by atoms with Gasteiger partial charge < -0.3 is 19.2 Å². The maximum Gasteiger partial charge on any atom is 0.490 e. The fourth-order valence-electron chi connectivity index (χ4n) is 3.95. The molecule has 2 saturated heterocycles. The molecule has 0 aromatic carbocycles. The molecule has 1 N–H and O–H groups in total. The second kappa shape index (κ2) is 10.1. The number of carboxylic acids is 1. The summed E-state index contributed by atoms with van der Waals surface area (Å²) < 4.78 is 43.4. The molecule has 0 aliphatic carbocycles. The molecule has 0 bridgehead atoms. The van der Waals surface area contributed by atoms with Gasteiger partial charge in [-0.3, -0.25) is 4.90 Å². The highest BCUT2D eigenvalue weighted by Crippen LogP contribution is 2.32. The standard InChI is InChI=1S/C18H24N4O2.C2HF3O2/c1-21(12-15-6-3-9-23-15)16-13-22(18-19-7-4-8-20-18)11-14-5-2-10-24-17(14)16;3-2(4,5)1(6)7/h3-4,6-9,14,16-17H,2,5,10-13H2,1H3;(H,6,7)/t14-,16+,17-;/m0./s1.